The Bertz CT molecular complexity index is 1190. The average molecular weight is 414 g/mol. The molecule has 31 heavy (non-hydrogen) atoms. The van der Waals surface area contributed by atoms with Gasteiger partial charge < -0.3 is 14.0 Å². The number of rotatable bonds is 6. The third-order valence-corrected chi connectivity index (χ3v) is 4.98. The summed E-state index contributed by atoms with van der Waals surface area (Å²) in [6.07, 6.45) is -1.26. The van der Waals surface area contributed by atoms with E-state index in [1.54, 1.807) is 10.6 Å². The Balaban J connectivity index is 1.71. The van der Waals surface area contributed by atoms with E-state index in [2.05, 4.69) is 5.32 Å². The molecule has 0 aliphatic carbocycles. The number of aromatic nitrogens is 1. The zero-order chi connectivity index (χ0) is 21.6. The van der Waals surface area contributed by atoms with Crippen LogP contribution in [0.1, 0.15) is 27.8 Å². The standard InChI is InChI=1S/C25H22N2O4/c1-30-24(28)22-16-20-14-8-9-15-21(20)27(22)23(19-12-6-3-7-13-19)26-25(29)31-17-18-10-4-2-5-11-18/h2-16,23H,17H2,1H3,(H,26,29). The number of nitrogens with one attached hydrogen (secondary N) is 1. The first-order chi connectivity index (χ1) is 15.2. The number of esters is 1. The van der Waals surface area contributed by atoms with E-state index in [1.165, 1.54) is 7.11 Å². The minimum atomic E-state index is -0.668. The maximum absolute atomic E-state index is 12.7. The minimum absolute atomic E-state index is 0.143. The molecule has 1 amide bonds. The summed E-state index contributed by atoms with van der Waals surface area (Å²) in [6, 6.07) is 28.2. The number of amides is 1. The van der Waals surface area contributed by atoms with Crippen LogP contribution in [0, 0.1) is 0 Å². The van der Waals surface area contributed by atoms with Crippen molar-refractivity contribution in [3.8, 4) is 0 Å². The smallest absolute Gasteiger partial charge is 0.409 e. The van der Waals surface area contributed by atoms with Gasteiger partial charge in [0.15, 0.2) is 0 Å². The van der Waals surface area contributed by atoms with Gasteiger partial charge in [-0.15, -0.1) is 0 Å². The van der Waals surface area contributed by atoms with Gasteiger partial charge >= 0.3 is 12.1 Å². The van der Waals surface area contributed by atoms with Gasteiger partial charge in [-0.2, -0.15) is 0 Å². The fraction of sp³-hybridized carbons (Fsp3) is 0.120. The number of hydrogen-bond acceptors (Lipinski definition) is 4. The average Bonchev–Trinajstić information content (AvgIpc) is 3.21. The first kappa shape index (κ1) is 20.2. The van der Waals surface area contributed by atoms with E-state index >= 15 is 0 Å². The summed E-state index contributed by atoms with van der Waals surface area (Å²) in [5.41, 5.74) is 2.81. The monoisotopic (exact) mass is 414 g/mol. The highest BCUT2D eigenvalue weighted by molar-refractivity contribution is 5.96. The van der Waals surface area contributed by atoms with Crippen molar-refractivity contribution in [3.63, 3.8) is 0 Å². The third kappa shape index (κ3) is 4.43. The van der Waals surface area contributed by atoms with Crippen LogP contribution in [0.4, 0.5) is 4.79 Å². The van der Waals surface area contributed by atoms with Crippen molar-refractivity contribution in [1.29, 1.82) is 0 Å². The summed E-state index contributed by atoms with van der Waals surface area (Å²) in [5, 5.41) is 3.78. The second kappa shape index (κ2) is 9.17. The molecule has 1 N–H and O–H groups in total. The number of carbonyl (C=O) groups is 2. The summed E-state index contributed by atoms with van der Waals surface area (Å²) >= 11 is 0. The van der Waals surface area contributed by atoms with E-state index in [9.17, 15) is 9.59 Å². The quantitative estimate of drug-likeness (QED) is 0.456. The molecule has 1 aromatic heterocycles. The van der Waals surface area contributed by atoms with E-state index in [0.29, 0.717) is 5.69 Å². The van der Waals surface area contributed by atoms with Crippen LogP contribution in [0.3, 0.4) is 0 Å². The van der Waals surface area contributed by atoms with Crippen LogP contribution >= 0.6 is 0 Å². The lowest BCUT2D eigenvalue weighted by Crippen LogP contribution is -2.35. The van der Waals surface area contributed by atoms with E-state index in [-0.39, 0.29) is 6.61 Å². The maximum Gasteiger partial charge on any atom is 0.409 e. The second-order valence-electron chi connectivity index (χ2n) is 6.97. The van der Waals surface area contributed by atoms with Gasteiger partial charge in [0.1, 0.15) is 18.5 Å². The van der Waals surface area contributed by atoms with Crippen LogP contribution < -0.4 is 5.32 Å². The SMILES string of the molecule is COC(=O)c1cc2ccccc2n1C(NC(=O)OCc1ccccc1)c1ccccc1. The topological polar surface area (TPSA) is 69.6 Å². The van der Waals surface area contributed by atoms with Gasteiger partial charge in [0, 0.05) is 5.39 Å². The first-order valence-corrected chi connectivity index (χ1v) is 9.88. The van der Waals surface area contributed by atoms with Crippen LogP contribution in [0.25, 0.3) is 10.9 Å². The minimum Gasteiger partial charge on any atom is -0.464 e. The molecular formula is C25H22N2O4. The van der Waals surface area contributed by atoms with Crippen LogP contribution in [-0.2, 0) is 16.1 Å². The van der Waals surface area contributed by atoms with E-state index in [4.69, 9.17) is 9.47 Å². The van der Waals surface area contributed by atoms with Crippen LogP contribution in [-0.4, -0.2) is 23.7 Å². The number of ether oxygens (including phenoxy) is 2. The first-order valence-electron chi connectivity index (χ1n) is 9.88. The van der Waals surface area contributed by atoms with Crippen molar-refractivity contribution < 1.29 is 19.1 Å². The predicted molar refractivity (Wildman–Crippen MR) is 118 cm³/mol. The lowest BCUT2D eigenvalue weighted by Gasteiger charge is -2.23. The Morgan fingerprint density at radius 2 is 1.55 bits per heavy atom. The highest BCUT2D eigenvalue weighted by Crippen LogP contribution is 2.27. The molecule has 6 heteroatoms. The maximum atomic E-state index is 12.7. The Morgan fingerprint density at radius 1 is 0.903 bits per heavy atom. The summed E-state index contributed by atoms with van der Waals surface area (Å²) in [6.45, 7) is 0.143. The summed E-state index contributed by atoms with van der Waals surface area (Å²) in [7, 11) is 1.34. The highest BCUT2D eigenvalue weighted by atomic mass is 16.5. The molecule has 4 aromatic rings. The normalized spacial score (nSPS) is 11.6. The summed E-state index contributed by atoms with van der Waals surface area (Å²) in [4.78, 5) is 25.3. The second-order valence-corrected chi connectivity index (χ2v) is 6.97. The molecule has 1 unspecified atom stereocenters. The lowest BCUT2D eigenvalue weighted by molar-refractivity contribution is 0.0585. The predicted octanol–water partition coefficient (Wildman–Crippen LogP) is 4.90. The molecule has 0 fully saturated rings. The van der Waals surface area contributed by atoms with Crippen molar-refractivity contribution in [3.05, 3.63) is 108 Å². The number of carbonyl (C=O) groups excluding carboxylic acids is 2. The number of para-hydroxylation sites is 1. The van der Waals surface area contributed by atoms with Crippen molar-refractivity contribution in [1.82, 2.24) is 9.88 Å². The fourth-order valence-electron chi connectivity index (χ4n) is 3.52. The van der Waals surface area contributed by atoms with Gasteiger partial charge in [-0.25, -0.2) is 9.59 Å². The van der Waals surface area contributed by atoms with Gasteiger partial charge in [-0.3, -0.25) is 5.32 Å². The Hall–Kier alpha value is -4.06. The Kier molecular flexibility index (Phi) is 5.98. The molecule has 3 aromatic carbocycles. The van der Waals surface area contributed by atoms with E-state index < -0.39 is 18.2 Å². The molecule has 0 saturated carbocycles. The molecule has 0 bridgehead atoms. The zero-order valence-electron chi connectivity index (χ0n) is 17.0. The Labute approximate surface area is 180 Å². The van der Waals surface area contributed by atoms with E-state index in [1.807, 2.05) is 84.9 Å². The molecule has 0 saturated heterocycles. The molecule has 1 atom stereocenters. The molecule has 1 heterocycles. The number of benzene rings is 3. The highest BCUT2D eigenvalue weighted by Gasteiger charge is 2.25. The number of nitrogens with zero attached hydrogens (tertiary/aromatic N) is 1. The molecule has 0 aliphatic rings. The third-order valence-electron chi connectivity index (χ3n) is 4.98. The molecule has 0 spiro atoms. The molecule has 0 radical (unpaired) electrons. The van der Waals surface area contributed by atoms with Gasteiger partial charge in [-0.1, -0.05) is 78.9 Å². The summed E-state index contributed by atoms with van der Waals surface area (Å²) in [5.74, 6) is -0.489. The number of fused-ring (bicyclic) bond motifs is 1. The molecular weight excluding hydrogens is 392 g/mol. The molecule has 4 rings (SSSR count). The van der Waals surface area contributed by atoms with Crippen LogP contribution in [0.5, 0.6) is 0 Å². The van der Waals surface area contributed by atoms with Crippen molar-refractivity contribution >= 4 is 23.0 Å². The number of methoxy groups -OCH3 is 1. The zero-order valence-corrected chi connectivity index (χ0v) is 17.0. The molecule has 6 nitrogen and oxygen atoms in total. The van der Waals surface area contributed by atoms with Gasteiger partial charge in [0.25, 0.3) is 0 Å². The van der Waals surface area contributed by atoms with Crippen molar-refractivity contribution in [2.75, 3.05) is 7.11 Å². The van der Waals surface area contributed by atoms with Gasteiger partial charge in [0.05, 0.1) is 12.6 Å². The van der Waals surface area contributed by atoms with Crippen LogP contribution in [0.15, 0.2) is 91.0 Å². The number of hydrogen-bond donors (Lipinski definition) is 1. The van der Waals surface area contributed by atoms with Gasteiger partial charge in [0.2, 0.25) is 0 Å². The van der Waals surface area contributed by atoms with Gasteiger partial charge in [-0.05, 0) is 23.3 Å². The van der Waals surface area contributed by atoms with Crippen molar-refractivity contribution in [2.45, 2.75) is 12.8 Å². The summed E-state index contributed by atoms with van der Waals surface area (Å²) < 4.78 is 12.2. The largest absolute Gasteiger partial charge is 0.464 e. The number of alkyl carbamates (subject to hydrolysis) is 1. The molecule has 156 valence electrons. The lowest BCUT2D eigenvalue weighted by atomic mass is 10.1. The van der Waals surface area contributed by atoms with E-state index in [0.717, 1.165) is 22.0 Å². The van der Waals surface area contributed by atoms with Crippen molar-refractivity contribution in [2.24, 2.45) is 0 Å². The van der Waals surface area contributed by atoms with Crippen LogP contribution in [0.2, 0.25) is 0 Å². The molecule has 0 aliphatic heterocycles. The Morgan fingerprint density at radius 3 is 2.26 bits per heavy atom. The fourth-order valence-corrected chi connectivity index (χ4v) is 3.52.